The number of carbonyl (C=O) groups excluding carboxylic acids is 2. The molecule has 208 valence electrons. The van der Waals surface area contributed by atoms with E-state index in [1.807, 2.05) is 0 Å². The predicted octanol–water partition coefficient (Wildman–Crippen LogP) is 4.57. The van der Waals surface area contributed by atoms with E-state index in [9.17, 15) is 24.6 Å². The Morgan fingerprint density at radius 2 is 1.76 bits per heavy atom. The predicted molar refractivity (Wildman–Crippen MR) is 139 cm³/mol. The molecule has 2 bridgehead atoms. The highest BCUT2D eigenvalue weighted by Gasteiger charge is 2.68. The van der Waals surface area contributed by atoms with Gasteiger partial charge in [0.15, 0.2) is 0 Å². The van der Waals surface area contributed by atoms with Crippen LogP contribution in [0.3, 0.4) is 0 Å². The number of hydrogen-bond donors (Lipinski definition) is 2. The van der Waals surface area contributed by atoms with Gasteiger partial charge in [0.1, 0.15) is 16.9 Å². The summed E-state index contributed by atoms with van der Waals surface area (Å²) in [6.45, 7) is 14.4. The Hall–Kier alpha value is -2.59. The molecule has 3 aliphatic carbocycles. The van der Waals surface area contributed by atoms with Crippen LogP contribution in [-0.4, -0.2) is 58.1 Å². The van der Waals surface area contributed by atoms with Crippen molar-refractivity contribution in [3.8, 4) is 5.75 Å². The number of aliphatic carboxylic acids is 1. The van der Waals surface area contributed by atoms with Gasteiger partial charge < -0.3 is 29.0 Å². The van der Waals surface area contributed by atoms with Crippen molar-refractivity contribution in [2.75, 3.05) is 0 Å². The van der Waals surface area contributed by atoms with Gasteiger partial charge in [-0.2, -0.15) is 0 Å². The molecule has 4 fully saturated rings. The standard InChI is InChI=1S/C28H39BO9/c1-25(2,3)36-24(34)27(6,7)35-23(33)17-11-9-10-16(21(17)30)18(22(31)32)14-29-37-20-13-15-12-19(26(15,4)5)28(20,8)38-29/h9-11,15,18-20,30H,12-14H2,1-8H3,(H,31,32)/t15-,18?,19-,20?,28-/m0/s1. The smallest absolute Gasteiger partial charge is 0.458 e. The number of benzene rings is 1. The number of para-hydroxylation sites is 1. The minimum absolute atomic E-state index is 0.0330. The molecule has 1 aromatic carbocycles. The normalized spacial score (nSPS) is 28.6. The molecule has 0 amide bonds. The molecular weight excluding hydrogens is 491 g/mol. The van der Waals surface area contributed by atoms with Crippen molar-refractivity contribution in [2.45, 2.75) is 103 Å². The highest BCUT2D eigenvalue weighted by molar-refractivity contribution is 6.46. The van der Waals surface area contributed by atoms with Gasteiger partial charge in [0.05, 0.1) is 17.6 Å². The van der Waals surface area contributed by atoms with Crippen LogP contribution in [0.4, 0.5) is 0 Å². The van der Waals surface area contributed by atoms with Crippen LogP contribution in [0.5, 0.6) is 5.75 Å². The lowest BCUT2D eigenvalue weighted by Crippen LogP contribution is -2.65. The highest BCUT2D eigenvalue weighted by Crippen LogP contribution is 2.66. The van der Waals surface area contributed by atoms with E-state index < -0.39 is 53.5 Å². The van der Waals surface area contributed by atoms with Crippen LogP contribution in [0.15, 0.2) is 18.2 Å². The average molecular weight is 530 g/mol. The summed E-state index contributed by atoms with van der Waals surface area (Å²) in [5.74, 6) is -3.74. The van der Waals surface area contributed by atoms with Gasteiger partial charge in [0, 0.05) is 5.56 Å². The Morgan fingerprint density at radius 1 is 1.11 bits per heavy atom. The van der Waals surface area contributed by atoms with Crippen molar-refractivity contribution in [1.82, 2.24) is 0 Å². The van der Waals surface area contributed by atoms with Gasteiger partial charge in [0.25, 0.3) is 0 Å². The number of carboxylic acid groups (broad SMARTS) is 1. The second-order valence-corrected chi connectivity index (χ2v) is 13.2. The van der Waals surface area contributed by atoms with Crippen molar-refractivity contribution in [3.63, 3.8) is 0 Å². The van der Waals surface area contributed by atoms with Gasteiger partial charge >= 0.3 is 25.0 Å². The lowest BCUT2D eigenvalue weighted by atomic mass is 9.43. The summed E-state index contributed by atoms with van der Waals surface area (Å²) in [6, 6.07) is 4.24. The number of phenols is 1. The van der Waals surface area contributed by atoms with E-state index >= 15 is 0 Å². The Bertz CT molecular complexity index is 1140. The Morgan fingerprint density at radius 3 is 2.34 bits per heavy atom. The van der Waals surface area contributed by atoms with E-state index in [1.54, 1.807) is 20.8 Å². The van der Waals surface area contributed by atoms with Gasteiger partial charge in [-0.3, -0.25) is 4.79 Å². The van der Waals surface area contributed by atoms with Gasteiger partial charge in [0.2, 0.25) is 5.60 Å². The summed E-state index contributed by atoms with van der Waals surface area (Å²) >= 11 is 0. The Kier molecular flexibility index (Phi) is 6.93. The molecule has 10 heteroatoms. The third-order valence-corrected chi connectivity index (χ3v) is 8.63. The summed E-state index contributed by atoms with van der Waals surface area (Å²) in [4.78, 5) is 37.8. The lowest BCUT2D eigenvalue weighted by molar-refractivity contribution is -0.199. The molecule has 0 radical (unpaired) electrons. The molecule has 3 saturated carbocycles. The van der Waals surface area contributed by atoms with Gasteiger partial charge in [-0.25, -0.2) is 9.59 Å². The SMILES string of the molecule is CC(C)(C)OC(=O)C(C)(C)OC(=O)c1cccc(C(CB2OC3C[C@@H]4C[C@@H](C4(C)C)[C@]3(C)O2)C(=O)O)c1O. The second-order valence-electron chi connectivity index (χ2n) is 13.2. The number of carboxylic acids is 1. The first kappa shape index (κ1) is 28.4. The molecule has 5 rings (SSSR count). The summed E-state index contributed by atoms with van der Waals surface area (Å²) < 4.78 is 23.3. The van der Waals surface area contributed by atoms with Crippen molar-refractivity contribution in [2.24, 2.45) is 17.3 Å². The minimum atomic E-state index is -1.63. The molecule has 2 N–H and O–H groups in total. The fourth-order valence-electron chi connectivity index (χ4n) is 6.34. The van der Waals surface area contributed by atoms with E-state index in [0.717, 1.165) is 12.8 Å². The van der Waals surface area contributed by atoms with E-state index in [4.69, 9.17) is 18.8 Å². The summed E-state index contributed by atoms with van der Waals surface area (Å²) in [7, 11) is -0.762. The number of ether oxygens (including phenoxy) is 2. The third kappa shape index (κ3) is 4.93. The van der Waals surface area contributed by atoms with Crippen LogP contribution in [0.2, 0.25) is 6.32 Å². The molecule has 1 aromatic rings. The fraction of sp³-hybridized carbons (Fsp3) is 0.679. The largest absolute Gasteiger partial charge is 0.507 e. The maximum Gasteiger partial charge on any atom is 0.458 e. The molecule has 38 heavy (non-hydrogen) atoms. The Balaban J connectivity index is 1.52. The zero-order valence-corrected chi connectivity index (χ0v) is 23.5. The first-order valence-electron chi connectivity index (χ1n) is 13.2. The van der Waals surface area contributed by atoms with Crippen LogP contribution >= 0.6 is 0 Å². The highest BCUT2D eigenvalue weighted by atomic mass is 16.7. The van der Waals surface area contributed by atoms with Gasteiger partial charge in [-0.05, 0) is 84.0 Å². The quantitative estimate of drug-likeness (QED) is 0.385. The zero-order valence-electron chi connectivity index (χ0n) is 23.5. The summed E-state index contributed by atoms with van der Waals surface area (Å²) in [6.07, 6.45) is 1.80. The van der Waals surface area contributed by atoms with E-state index in [1.165, 1.54) is 32.0 Å². The number of phenolic OH excluding ortho intramolecular Hbond substituents is 1. The molecule has 4 aliphatic rings. The molecule has 9 nitrogen and oxygen atoms in total. The van der Waals surface area contributed by atoms with Gasteiger partial charge in [-0.15, -0.1) is 0 Å². The zero-order chi connectivity index (χ0) is 28.4. The lowest BCUT2D eigenvalue weighted by Gasteiger charge is -2.64. The molecule has 0 spiro atoms. The van der Waals surface area contributed by atoms with E-state index in [2.05, 4.69) is 20.8 Å². The molecule has 2 unspecified atom stereocenters. The first-order valence-corrected chi connectivity index (χ1v) is 13.2. The van der Waals surface area contributed by atoms with Crippen LogP contribution in [-0.2, 0) is 28.4 Å². The van der Waals surface area contributed by atoms with Crippen LogP contribution in [0.25, 0.3) is 0 Å². The van der Waals surface area contributed by atoms with Crippen LogP contribution < -0.4 is 0 Å². The number of esters is 2. The monoisotopic (exact) mass is 530 g/mol. The maximum atomic E-state index is 13.0. The average Bonchev–Trinajstić information content (AvgIpc) is 3.11. The maximum absolute atomic E-state index is 13.0. The van der Waals surface area contributed by atoms with E-state index in [-0.39, 0.29) is 29.0 Å². The van der Waals surface area contributed by atoms with E-state index in [0.29, 0.717) is 11.8 Å². The van der Waals surface area contributed by atoms with Crippen molar-refractivity contribution < 1.29 is 43.4 Å². The van der Waals surface area contributed by atoms with Crippen molar-refractivity contribution in [3.05, 3.63) is 29.3 Å². The summed E-state index contributed by atoms with van der Waals surface area (Å²) in [5.41, 5.74) is -2.97. The fourth-order valence-corrected chi connectivity index (χ4v) is 6.34. The molecular formula is C28H39BO9. The topological polar surface area (TPSA) is 129 Å². The number of rotatable bonds is 7. The third-order valence-electron chi connectivity index (χ3n) is 8.63. The minimum Gasteiger partial charge on any atom is -0.507 e. The number of carbonyl (C=O) groups is 3. The Labute approximate surface area is 224 Å². The molecule has 1 saturated heterocycles. The molecule has 5 atom stereocenters. The first-order chi connectivity index (χ1) is 17.4. The van der Waals surface area contributed by atoms with Crippen molar-refractivity contribution in [1.29, 1.82) is 0 Å². The molecule has 1 aliphatic heterocycles. The summed E-state index contributed by atoms with van der Waals surface area (Å²) in [5, 5.41) is 21.1. The van der Waals surface area contributed by atoms with Crippen LogP contribution in [0, 0.1) is 17.3 Å². The molecule has 1 heterocycles. The van der Waals surface area contributed by atoms with Gasteiger partial charge in [-0.1, -0.05) is 26.0 Å². The van der Waals surface area contributed by atoms with Crippen molar-refractivity contribution >= 4 is 25.0 Å². The number of aromatic hydroxyl groups is 1. The van der Waals surface area contributed by atoms with Crippen LogP contribution in [0.1, 0.15) is 90.1 Å². The molecule has 0 aromatic heterocycles. The second kappa shape index (κ2) is 9.26. The number of hydrogen-bond acceptors (Lipinski definition) is 8.